The van der Waals surface area contributed by atoms with Gasteiger partial charge in [0, 0.05) is 137 Å². The predicted octanol–water partition coefficient (Wildman–Crippen LogP) is 12.8. The van der Waals surface area contributed by atoms with Crippen LogP contribution in [0.4, 0.5) is 17.1 Å². The Bertz CT molecular complexity index is 7080. The molecule has 48 heteroatoms. The highest BCUT2D eigenvalue weighted by Crippen LogP contribution is 2.35. The second kappa shape index (κ2) is 46.2. The molecule has 0 atom stereocenters. The van der Waals surface area contributed by atoms with Crippen molar-refractivity contribution in [1.82, 2.24) is 141 Å². The van der Waals surface area contributed by atoms with Crippen LogP contribution >= 0.6 is 56.7 Å². The molecule has 0 radical (unpaired) electrons. The van der Waals surface area contributed by atoms with E-state index < -0.39 is 0 Å². The summed E-state index contributed by atoms with van der Waals surface area (Å²) in [5, 5.41) is 81.2. The number of amides is 5. The summed E-state index contributed by atoms with van der Waals surface area (Å²) < 4.78 is 21.1. The Kier molecular flexibility index (Phi) is 31.5. The predicted molar refractivity (Wildman–Crippen MR) is 517 cm³/mol. The number of H-pyrrole nitrogens is 5. The van der Waals surface area contributed by atoms with Crippen molar-refractivity contribution in [2.75, 3.05) is 69.2 Å². The van der Waals surface area contributed by atoms with Crippen molar-refractivity contribution in [2.24, 2.45) is 9.98 Å². The number of aliphatic imine (C=N–C) groups is 2. The number of aromatic amines is 5. The number of anilines is 3. The number of thiazole rings is 5. The van der Waals surface area contributed by atoms with Crippen molar-refractivity contribution in [1.29, 1.82) is 0 Å². The minimum Gasteiger partial charge on any atom is -0.483 e. The Balaban J connectivity index is 0.000000124. The number of carboxylic acid groups (broad SMARTS) is 1. The van der Waals surface area contributed by atoms with E-state index in [9.17, 15) is 24.0 Å². The van der Waals surface area contributed by atoms with Gasteiger partial charge in [-0.15, -0.1) is 56.7 Å². The first-order chi connectivity index (χ1) is 67.6. The van der Waals surface area contributed by atoms with E-state index in [4.69, 9.17) is 24.1 Å². The quantitative estimate of drug-likeness (QED) is 0.0160. The van der Waals surface area contributed by atoms with E-state index in [2.05, 4.69) is 153 Å². The molecule has 3 aliphatic heterocycles. The number of nitrogens with one attached hydrogen (secondary N) is 10. The Morgan fingerprint density at radius 3 is 1.13 bits per heavy atom. The number of aromatic nitrogens is 26. The molecule has 3 aliphatic rings. The molecule has 1 fully saturated rings. The summed E-state index contributed by atoms with van der Waals surface area (Å²) in [6.07, 6.45) is 31.2. The Morgan fingerprint density at radius 1 is 0.457 bits per heavy atom. The fourth-order valence-electron chi connectivity index (χ4n) is 13.1. The summed E-state index contributed by atoms with van der Waals surface area (Å²) in [6, 6.07) is 28.1. The summed E-state index contributed by atoms with van der Waals surface area (Å²) in [5.74, 6) is -1.44. The van der Waals surface area contributed by atoms with Gasteiger partial charge in [-0.05, 0) is 93.6 Å². The van der Waals surface area contributed by atoms with Crippen molar-refractivity contribution in [3.63, 3.8) is 0 Å². The van der Waals surface area contributed by atoms with Crippen molar-refractivity contribution >= 4 is 121 Å². The summed E-state index contributed by atoms with van der Waals surface area (Å²) in [7, 11) is 1.63. The maximum absolute atomic E-state index is 12.9. The van der Waals surface area contributed by atoms with E-state index in [-0.39, 0.29) is 42.0 Å². The minimum atomic E-state index is -0.308. The second-order valence-electron chi connectivity index (χ2n) is 29.1. The lowest BCUT2D eigenvalue weighted by Crippen LogP contribution is -2.30. The molecule has 0 aliphatic carbocycles. The molecule has 5 amide bonds. The third-order valence-corrected chi connectivity index (χ3v) is 24.3. The number of hydrogen-bond donors (Lipinski definition) is 11. The molecular weight excluding hydrogens is 1860 g/mol. The van der Waals surface area contributed by atoms with E-state index in [1.54, 1.807) is 136 Å². The smallest absolute Gasteiger partial charge is 0.290 e. The van der Waals surface area contributed by atoms with Crippen LogP contribution in [-0.4, -0.2) is 236 Å². The molecule has 0 aromatic carbocycles. The number of carbonyl (C=O) groups is 6. The highest BCUT2D eigenvalue weighted by Gasteiger charge is 2.29. The van der Waals surface area contributed by atoms with Crippen molar-refractivity contribution in [3.05, 3.63) is 292 Å². The number of nitrogens with zero attached hydrogens (tertiary/aromatic N) is 23. The van der Waals surface area contributed by atoms with Gasteiger partial charge in [-0.3, -0.25) is 103 Å². The molecule has 696 valence electrons. The number of hydrogen-bond acceptors (Lipinski definition) is 34. The van der Waals surface area contributed by atoms with Crippen LogP contribution in [0, 0.1) is 13.8 Å². The van der Waals surface area contributed by atoms with Gasteiger partial charge in [-0.2, -0.15) is 40.8 Å². The summed E-state index contributed by atoms with van der Waals surface area (Å²) in [5.41, 5.74) is 17.6. The van der Waals surface area contributed by atoms with Gasteiger partial charge in [0.25, 0.3) is 36.0 Å². The molecule has 0 spiro atoms. The van der Waals surface area contributed by atoms with Gasteiger partial charge in [0.2, 0.25) is 0 Å². The van der Waals surface area contributed by atoms with E-state index in [1.165, 1.54) is 56.7 Å². The maximum Gasteiger partial charge on any atom is 0.290 e. The van der Waals surface area contributed by atoms with Gasteiger partial charge >= 0.3 is 0 Å². The van der Waals surface area contributed by atoms with E-state index >= 15 is 0 Å². The number of aryl methyl sites for hydroxylation is 2. The normalized spacial score (nSPS) is 12.3. The van der Waals surface area contributed by atoms with Crippen molar-refractivity contribution in [3.8, 4) is 87.0 Å². The van der Waals surface area contributed by atoms with Crippen LogP contribution in [0.2, 0.25) is 0 Å². The van der Waals surface area contributed by atoms with Crippen LogP contribution in [0.1, 0.15) is 88.2 Å². The zero-order chi connectivity index (χ0) is 95.5. The molecule has 21 heterocycles. The topological polar surface area (TPSA) is 561 Å². The number of ether oxygens (including phenoxy) is 3. The molecule has 18 aromatic heterocycles. The number of carbonyl (C=O) groups excluding carboxylic acids is 5. The first-order valence-electron chi connectivity index (χ1n) is 42.0. The standard InChI is InChI=1S/C20H21N7O2S.C19H19N7O2S.C18H15N7O2S.2C16H12N6OS.CH2O2/c1-3-29-9-8-27-11-16(18(26-27)15-6-4-5-7-21-15)23-19(28)17-12-30-20(24-17)14-10-22-25-13(14)2;1-12-13(9-21-24-12)19-23-16(11-29-19)18(27)22-15-10-26(7-8-28-2)25-17(15)14-5-3-4-6-20-14;26-17(15-10-28-18(23-15)11-5-20-21-6-11)22-14-7-25(12-8-27-9-12)24-16(14)13-3-1-2-4-19-13;2*23-15(13-9-24-16(22-13)10-7-19-20-8-10)21-12-4-6-18-14(12)11-3-1-2-5-17-11;2-1-3/h4-7,10-12H,3,8-9H2,1-2H3,(H,22,25)(H,23,28);3-6,9-11H,7-8H2,1-2H3,(H,21,24)(H,22,27);1-7,10,12H,8-9H2,(H,20,21)(H,22,26);2*1-5,7-9H,6H2,(H,19,20)(H,21,23);1H,(H,2,3). The molecule has 21 rings (SSSR count). The van der Waals surface area contributed by atoms with Gasteiger partial charge in [0.15, 0.2) is 0 Å². The molecule has 43 nitrogen and oxygen atoms in total. The largest absolute Gasteiger partial charge is 0.483 e. The average Bonchev–Trinajstić information content (AvgIpc) is 1.63. The zero-order valence-corrected chi connectivity index (χ0v) is 77.5. The summed E-state index contributed by atoms with van der Waals surface area (Å²) >= 11 is 6.97. The molecule has 1 saturated heterocycles. The molecular formula is C90H81N33O10S5. The van der Waals surface area contributed by atoms with E-state index in [0.29, 0.717) is 162 Å². The van der Waals surface area contributed by atoms with Gasteiger partial charge in [0.05, 0.1) is 158 Å². The van der Waals surface area contributed by atoms with Crippen molar-refractivity contribution in [2.45, 2.75) is 39.9 Å². The Hall–Kier alpha value is -16.9. The van der Waals surface area contributed by atoms with Crippen LogP contribution in [-0.2, 0) is 32.1 Å². The lowest BCUT2D eigenvalue weighted by atomic mass is 10.2. The number of rotatable bonds is 28. The number of allylic oxidation sites excluding steroid dienone is 2. The Labute approximate surface area is 802 Å². The lowest BCUT2D eigenvalue weighted by molar-refractivity contribution is -0.122. The monoisotopic (exact) mass is 1940 g/mol. The fraction of sp³-hybridized carbons (Fsp3) is 0.156. The van der Waals surface area contributed by atoms with Gasteiger partial charge in [-0.25, -0.2) is 24.9 Å². The van der Waals surface area contributed by atoms with Gasteiger partial charge < -0.3 is 45.9 Å². The summed E-state index contributed by atoms with van der Waals surface area (Å²) in [4.78, 5) is 124. The third-order valence-electron chi connectivity index (χ3n) is 19.9. The van der Waals surface area contributed by atoms with Gasteiger partial charge in [0.1, 0.15) is 82.0 Å². The first kappa shape index (κ1) is 94.3. The Morgan fingerprint density at radius 2 is 0.804 bits per heavy atom. The number of pyridine rings is 5. The number of methoxy groups -OCH3 is 1. The van der Waals surface area contributed by atoms with E-state index in [0.717, 1.165) is 75.6 Å². The van der Waals surface area contributed by atoms with Crippen LogP contribution in [0.5, 0.6) is 0 Å². The lowest BCUT2D eigenvalue weighted by Gasteiger charge is -2.25. The average molecular weight is 1950 g/mol. The maximum atomic E-state index is 12.9. The highest BCUT2D eigenvalue weighted by molar-refractivity contribution is 7.14. The molecule has 0 unspecified atom stereocenters. The van der Waals surface area contributed by atoms with E-state index in [1.807, 2.05) is 135 Å². The summed E-state index contributed by atoms with van der Waals surface area (Å²) in [6.45, 7) is 10.6. The third kappa shape index (κ3) is 23.8. The highest BCUT2D eigenvalue weighted by atomic mass is 32.1. The fourth-order valence-corrected chi connectivity index (χ4v) is 17.1. The van der Waals surface area contributed by atoms with Crippen molar-refractivity contribution < 1.29 is 48.1 Å². The molecule has 0 bridgehead atoms. The molecule has 138 heavy (non-hydrogen) atoms. The SMILES string of the molecule is CCOCCn1cc(NC(=O)c2csc(-c3cn[nH]c3C)n2)c(-c2ccccn2)n1.COCCn1cc(NC(=O)c2csc(-c3cn[nH]c3C)n2)c(-c2ccccn2)n1.O=C(NC1=CCN=C1c1ccccn1)c1csc(-c2cn[nH]c2)n1.O=C(NC1=CCN=C1c1ccccn1)c1csc(-c2cn[nH]c2)n1.O=C(Nc1cn(C2COC2)nc1-c1ccccn1)c1csc(-c2cn[nH]c2)n1.O=CO. The van der Waals surface area contributed by atoms with Gasteiger partial charge in [-0.1, -0.05) is 30.3 Å². The molecule has 18 aromatic rings. The zero-order valence-electron chi connectivity index (χ0n) is 73.4. The second-order valence-corrected chi connectivity index (χ2v) is 33.4. The minimum absolute atomic E-state index is 0.167. The first-order valence-corrected chi connectivity index (χ1v) is 46.4. The van der Waals surface area contributed by atoms with Crippen LogP contribution < -0.4 is 26.6 Å². The molecule has 11 N–H and O–H groups in total. The van der Waals surface area contributed by atoms with Crippen LogP contribution in [0.3, 0.4) is 0 Å². The van der Waals surface area contributed by atoms with Crippen LogP contribution in [0.25, 0.3) is 87.0 Å². The molecule has 0 saturated carbocycles. The van der Waals surface area contributed by atoms with Crippen LogP contribution in [0.15, 0.2) is 251 Å².